The molecular weight excluding hydrogens is 362 g/mol. The summed E-state index contributed by atoms with van der Waals surface area (Å²) in [5, 5.41) is 6.56. The van der Waals surface area contributed by atoms with E-state index in [-0.39, 0.29) is 0 Å². The third-order valence-corrected chi connectivity index (χ3v) is 5.12. The molecule has 5 aromatic rings. The van der Waals surface area contributed by atoms with Crippen molar-refractivity contribution in [1.82, 2.24) is 19.5 Å². The highest BCUT2D eigenvalue weighted by Gasteiger charge is 2.11. The van der Waals surface area contributed by atoms with Crippen molar-refractivity contribution in [1.29, 1.82) is 0 Å². The first-order valence-electron chi connectivity index (χ1n) is 9.60. The lowest BCUT2D eigenvalue weighted by Gasteiger charge is -2.12. The monoisotopic (exact) mass is 383 g/mol. The molecule has 29 heavy (non-hydrogen) atoms. The van der Waals surface area contributed by atoms with E-state index in [4.69, 9.17) is 9.72 Å². The first kappa shape index (κ1) is 17.4. The van der Waals surface area contributed by atoms with Crippen molar-refractivity contribution < 1.29 is 4.74 Å². The van der Waals surface area contributed by atoms with Crippen molar-refractivity contribution >= 4 is 44.3 Å². The fraction of sp³-hybridized carbons (Fsp3) is 0.174. The lowest BCUT2D eigenvalue weighted by molar-refractivity contribution is 0.399. The number of hydrogen-bond donors (Lipinski definition) is 1. The second-order valence-electron chi connectivity index (χ2n) is 7.34. The largest absolute Gasteiger partial charge is 0.481 e. The third-order valence-electron chi connectivity index (χ3n) is 5.12. The van der Waals surface area contributed by atoms with Crippen molar-refractivity contribution in [3.8, 4) is 5.88 Å². The second kappa shape index (κ2) is 6.74. The van der Waals surface area contributed by atoms with Gasteiger partial charge in [0.2, 0.25) is 11.8 Å². The molecule has 0 aliphatic heterocycles. The summed E-state index contributed by atoms with van der Waals surface area (Å²) in [7, 11) is 1.62. The number of nitrogens with one attached hydrogen (secondary N) is 1. The van der Waals surface area contributed by atoms with Crippen molar-refractivity contribution in [3.63, 3.8) is 0 Å². The summed E-state index contributed by atoms with van der Waals surface area (Å²) in [5.41, 5.74) is 3.88. The molecule has 6 heteroatoms. The van der Waals surface area contributed by atoms with E-state index in [1.165, 1.54) is 5.39 Å². The summed E-state index contributed by atoms with van der Waals surface area (Å²) in [6.45, 7) is 4.35. The van der Waals surface area contributed by atoms with Crippen LogP contribution in [0.1, 0.15) is 19.9 Å². The number of ether oxygens (including phenoxy) is 1. The second-order valence-corrected chi connectivity index (χ2v) is 7.34. The minimum atomic E-state index is 0.356. The first-order chi connectivity index (χ1) is 14.1. The van der Waals surface area contributed by atoms with Crippen LogP contribution in [0.3, 0.4) is 0 Å². The Balaban J connectivity index is 1.57. The van der Waals surface area contributed by atoms with Gasteiger partial charge in [0.25, 0.3) is 0 Å². The average Bonchev–Trinajstić information content (AvgIpc) is 3.18. The molecule has 0 saturated heterocycles. The van der Waals surface area contributed by atoms with Gasteiger partial charge in [-0.2, -0.15) is 0 Å². The molecule has 0 radical (unpaired) electrons. The molecule has 0 fully saturated rings. The van der Waals surface area contributed by atoms with Gasteiger partial charge in [0, 0.05) is 46.3 Å². The number of hydrogen-bond acceptors (Lipinski definition) is 5. The normalized spacial score (nSPS) is 11.6. The summed E-state index contributed by atoms with van der Waals surface area (Å²) >= 11 is 0. The average molecular weight is 383 g/mol. The molecule has 5 rings (SSSR count). The van der Waals surface area contributed by atoms with Gasteiger partial charge < -0.3 is 14.6 Å². The van der Waals surface area contributed by atoms with E-state index in [0.29, 0.717) is 17.9 Å². The van der Waals surface area contributed by atoms with E-state index in [2.05, 4.69) is 58.1 Å². The Morgan fingerprint density at radius 3 is 2.59 bits per heavy atom. The number of fused-ring (bicyclic) bond motifs is 4. The summed E-state index contributed by atoms with van der Waals surface area (Å²) < 4.78 is 7.45. The number of benzene rings is 2. The Morgan fingerprint density at radius 2 is 1.76 bits per heavy atom. The van der Waals surface area contributed by atoms with Gasteiger partial charge in [-0.25, -0.2) is 15.0 Å². The number of pyridine rings is 1. The van der Waals surface area contributed by atoms with Gasteiger partial charge in [-0.15, -0.1) is 0 Å². The minimum absolute atomic E-state index is 0.356. The fourth-order valence-electron chi connectivity index (χ4n) is 3.66. The maximum atomic E-state index is 5.20. The summed E-state index contributed by atoms with van der Waals surface area (Å²) in [4.78, 5) is 13.8. The third kappa shape index (κ3) is 3.02. The van der Waals surface area contributed by atoms with Crippen LogP contribution < -0.4 is 10.1 Å². The molecule has 0 saturated carbocycles. The molecule has 0 spiro atoms. The summed E-state index contributed by atoms with van der Waals surface area (Å²) in [5.74, 6) is 1.18. The molecule has 0 amide bonds. The molecule has 0 unspecified atom stereocenters. The zero-order chi connectivity index (χ0) is 20.0. The molecule has 0 aliphatic carbocycles. The maximum absolute atomic E-state index is 5.20. The van der Waals surface area contributed by atoms with Crippen LogP contribution in [0.25, 0.3) is 32.7 Å². The van der Waals surface area contributed by atoms with Crippen molar-refractivity contribution in [2.45, 2.75) is 19.9 Å². The Labute approximate surface area is 168 Å². The molecule has 0 bridgehead atoms. The van der Waals surface area contributed by atoms with Crippen LogP contribution >= 0.6 is 0 Å². The number of rotatable bonds is 4. The SMILES string of the molecule is COc1ccc2cc(Nc3ncc4ccc5ccn(C(C)C)c5c4n3)ccc2n1. The van der Waals surface area contributed by atoms with Crippen LogP contribution in [0.5, 0.6) is 5.88 Å². The van der Waals surface area contributed by atoms with Crippen LogP contribution in [0.15, 0.2) is 60.9 Å². The van der Waals surface area contributed by atoms with Crippen molar-refractivity contribution in [2.24, 2.45) is 0 Å². The molecule has 6 nitrogen and oxygen atoms in total. The Bertz CT molecular complexity index is 1360. The van der Waals surface area contributed by atoms with E-state index in [1.54, 1.807) is 7.11 Å². The molecular formula is C23H21N5O. The molecule has 144 valence electrons. The summed E-state index contributed by atoms with van der Waals surface area (Å²) in [6.07, 6.45) is 3.99. The van der Waals surface area contributed by atoms with Crippen molar-refractivity contribution in [3.05, 3.63) is 60.9 Å². The lowest BCUT2D eigenvalue weighted by atomic mass is 10.2. The van der Waals surface area contributed by atoms with Crippen LogP contribution in [-0.2, 0) is 0 Å². The number of methoxy groups -OCH3 is 1. The zero-order valence-corrected chi connectivity index (χ0v) is 16.5. The Morgan fingerprint density at radius 1 is 0.931 bits per heavy atom. The van der Waals surface area contributed by atoms with E-state index < -0.39 is 0 Å². The highest BCUT2D eigenvalue weighted by molar-refractivity contribution is 6.03. The molecule has 1 N–H and O–H groups in total. The topological polar surface area (TPSA) is 64.9 Å². The standard InChI is InChI=1S/C23H21N5O/c1-14(2)28-11-10-15-4-5-17-13-24-23(27-21(17)22(15)28)25-18-7-8-19-16(12-18)6-9-20(26-19)29-3/h4-14H,1-3H3,(H,24,25,27). The van der Waals surface area contributed by atoms with Gasteiger partial charge in [-0.3, -0.25) is 0 Å². The quantitative estimate of drug-likeness (QED) is 0.446. The van der Waals surface area contributed by atoms with Gasteiger partial charge >= 0.3 is 0 Å². The highest BCUT2D eigenvalue weighted by Crippen LogP contribution is 2.28. The minimum Gasteiger partial charge on any atom is -0.481 e. The van der Waals surface area contributed by atoms with Gasteiger partial charge in [-0.05, 0) is 44.2 Å². The van der Waals surface area contributed by atoms with E-state index in [0.717, 1.165) is 33.0 Å². The van der Waals surface area contributed by atoms with Crippen LogP contribution in [0.4, 0.5) is 11.6 Å². The fourth-order valence-corrected chi connectivity index (χ4v) is 3.66. The predicted molar refractivity (Wildman–Crippen MR) is 117 cm³/mol. The Kier molecular flexibility index (Phi) is 4.05. The zero-order valence-electron chi connectivity index (χ0n) is 16.5. The maximum Gasteiger partial charge on any atom is 0.227 e. The molecule has 3 aromatic heterocycles. The van der Waals surface area contributed by atoms with Crippen LogP contribution in [0.2, 0.25) is 0 Å². The van der Waals surface area contributed by atoms with Gasteiger partial charge in [-0.1, -0.05) is 12.1 Å². The van der Waals surface area contributed by atoms with E-state index >= 15 is 0 Å². The lowest BCUT2D eigenvalue weighted by Crippen LogP contribution is -2.01. The van der Waals surface area contributed by atoms with Crippen molar-refractivity contribution in [2.75, 3.05) is 12.4 Å². The number of aromatic nitrogens is 4. The molecule has 2 aromatic carbocycles. The predicted octanol–water partition coefficient (Wildman–Crippen LogP) is 5.47. The summed E-state index contributed by atoms with van der Waals surface area (Å²) in [6, 6.07) is 16.5. The first-order valence-corrected chi connectivity index (χ1v) is 9.60. The van der Waals surface area contributed by atoms with Crippen LogP contribution in [-0.4, -0.2) is 26.6 Å². The molecule has 3 heterocycles. The van der Waals surface area contributed by atoms with Gasteiger partial charge in [0.05, 0.1) is 18.1 Å². The smallest absolute Gasteiger partial charge is 0.227 e. The molecule has 0 aliphatic rings. The van der Waals surface area contributed by atoms with Gasteiger partial charge in [0.15, 0.2) is 0 Å². The van der Waals surface area contributed by atoms with Gasteiger partial charge in [0.1, 0.15) is 5.52 Å². The van der Waals surface area contributed by atoms with E-state index in [1.807, 2.05) is 36.5 Å². The van der Waals surface area contributed by atoms with E-state index in [9.17, 15) is 0 Å². The highest BCUT2D eigenvalue weighted by atomic mass is 16.5. The molecule has 0 atom stereocenters. The Hall–Kier alpha value is -3.67. The number of nitrogens with zero attached hydrogens (tertiary/aromatic N) is 4. The van der Waals surface area contributed by atoms with Crippen LogP contribution in [0, 0.1) is 0 Å². The number of anilines is 2.